The molecular weight excluding hydrogens is 275 g/mol. The molecular formula is C11H9F5O3. The molecule has 106 valence electrons. The van der Waals surface area contributed by atoms with Crippen molar-refractivity contribution in [3.05, 3.63) is 29.3 Å². The van der Waals surface area contributed by atoms with Gasteiger partial charge in [-0.05, 0) is 25.1 Å². The van der Waals surface area contributed by atoms with Gasteiger partial charge >= 0.3 is 12.3 Å². The highest BCUT2D eigenvalue weighted by atomic mass is 19.4. The number of alkyl halides is 5. The Morgan fingerprint density at radius 1 is 1.26 bits per heavy atom. The minimum absolute atomic E-state index is 0.0345. The summed E-state index contributed by atoms with van der Waals surface area (Å²) in [5.74, 6) is -1.90. The normalized spacial score (nSPS) is 11.5. The number of benzene rings is 1. The quantitative estimate of drug-likeness (QED) is 0.624. The topological polar surface area (TPSA) is 35.5 Å². The Morgan fingerprint density at radius 3 is 2.37 bits per heavy atom. The summed E-state index contributed by atoms with van der Waals surface area (Å²) in [7, 11) is 0. The van der Waals surface area contributed by atoms with Crippen LogP contribution in [0.15, 0.2) is 18.2 Å². The minimum atomic E-state index is -5.04. The predicted octanol–water partition coefficient (Wildman–Crippen LogP) is 3.70. The molecule has 0 atom stereocenters. The first kappa shape index (κ1) is 15.2. The van der Waals surface area contributed by atoms with Gasteiger partial charge in [0.15, 0.2) is 0 Å². The molecule has 0 amide bonds. The van der Waals surface area contributed by atoms with Crippen molar-refractivity contribution in [3.63, 3.8) is 0 Å². The van der Waals surface area contributed by atoms with Crippen LogP contribution in [0.2, 0.25) is 0 Å². The molecule has 0 aliphatic heterocycles. The van der Waals surface area contributed by atoms with Gasteiger partial charge < -0.3 is 9.47 Å². The van der Waals surface area contributed by atoms with E-state index in [1.807, 2.05) is 0 Å². The number of rotatable bonds is 4. The second-order valence-corrected chi connectivity index (χ2v) is 3.36. The number of ether oxygens (including phenoxy) is 2. The zero-order valence-electron chi connectivity index (χ0n) is 9.63. The molecule has 0 bridgehead atoms. The maximum Gasteiger partial charge on any atom is 0.573 e. The largest absolute Gasteiger partial charge is 0.573 e. The fourth-order valence-electron chi connectivity index (χ4n) is 1.27. The van der Waals surface area contributed by atoms with E-state index in [0.717, 1.165) is 6.07 Å². The van der Waals surface area contributed by atoms with Crippen LogP contribution in [0.3, 0.4) is 0 Å². The Labute approximate surface area is 104 Å². The molecule has 1 aromatic rings. The van der Waals surface area contributed by atoms with E-state index in [-0.39, 0.29) is 6.61 Å². The predicted molar refractivity (Wildman–Crippen MR) is 54.0 cm³/mol. The van der Waals surface area contributed by atoms with Crippen molar-refractivity contribution in [2.24, 2.45) is 0 Å². The summed E-state index contributed by atoms with van der Waals surface area (Å²) in [5, 5.41) is 0. The third-order valence-electron chi connectivity index (χ3n) is 1.93. The van der Waals surface area contributed by atoms with Gasteiger partial charge in [0, 0.05) is 5.56 Å². The van der Waals surface area contributed by atoms with Crippen molar-refractivity contribution in [2.45, 2.75) is 19.7 Å². The van der Waals surface area contributed by atoms with E-state index in [9.17, 15) is 26.7 Å². The summed E-state index contributed by atoms with van der Waals surface area (Å²) in [5.41, 5.74) is -1.19. The van der Waals surface area contributed by atoms with Crippen LogP contribution in [-0.4, -0.2) is 18.9 Å². The lowest BCUT2D eigenvalue weighted by atomic mass is 10.1. The Morgan fingerprint density at radius 2 is 1.89 bits per heavy atom. The number of esters is 1. The molecule has 0 aromatic heterocycles. The number of halogens is 5. The van der Waals surface area contributed by atoms with E-state index in [0.29, 0.717) is 12.1 Å². The number of carbonyl (C=O) groups excluding carboxylic acids is 1. The molecule has 0 saturated heterocycles. The molecule has 19 heavy (non-hydrogen) atoms. The Hall–Kier alpha value is -1.86. The van der Waals surface area contributed by atoms with Gasteiger partial charge in [-0.2, -0.15) is 0 Å². The highest BCUT2D eigenvalue weighted by molar-refractivity contribution is 5.90. The number of hydrogen-bond donors (Lipinski definition) is 0. The van der Waals surface area contributed by atoms with Gasteiger partial charge in [0.25, 0.3) is 6.43 Å². The van der Waals surface area contributed by atoms with E-state index >= 15 is 0 Å². The molecule has 8 heteroatoms. The summed E-state index contributed by atoms with van der Waals surface area (Å²) < 4.78 is 69.2. The van der Waals surface area contributed by atoms with Crippen molar-refractivity contribution >= 4 is 5.97 Å². The molecule has 0 aliphatic carbocycles. The molecule has 0 spiro atoms. The van der Waals surface area contributed by atoms with Gasteiger partial charge in [0.2, 0.25) is 0 Å². The van der Waals surface area contributed by atoms with Crippen molar-refractivity contribution in [1.29, 1.82) is 0 Å². The second kappa shape index (κ2) is 5.85. The van der Waals surface area contributed by atoms with Crippen LogP contribution < -0.4 is 4.74 Å². The maximum atomic E-state index is 12.5. The summed E-state index contributed by atoms with van der Waals surface area (Å²) >= 11 is 0. The lowest BCUT2D eigenvalue weighted by Gasteiger charge is -2.12. The molecule has 0 fully saturated rings. The van der Waals surface area contributed by atoms with Crippen molar-refractivity contribution < 1.29 is 36.2 Å². The summed E-state index contributed by atoms with van der Waals surface area (Å²) in [6.45, 7) is 1.44. The van der Waals surface area contributed by atoms with Crippen LogP contribution in [0.1, 0.15) is 29.3 Å². The molecule has 0 aliphatic rings. The van der Waals surface area contributed by atoms with E-state index in [2.05, 4.69) is 9.47 Å². The maximum absolute atomic E-state index is 12.5. The van der Waals surface area contributed by atoms with E-state index in [1.165, 1.54) is 6.92 Å². The van der Waals surface area contributed by atoms with Gasteiger partial charge in [-0.25, -0.2) is 13.6 Å². The zero-order chi connectivity index (χ0) is 14.6. The first-order valence-corrected chi connectivity index (χ1v) is 5.09. The summed E-state index contributed by atoms with van der Waals surface area (Å²) in [6, 6.07) is 1.96. The fourth-order valence-corrected chi connectivity index (χ4v) is 1.27. The van der Waals surface area contributed by atoms with Crippen LogP contribution in [0.4, 0.5) is 22.0 Å². The molecule has 0 heterocycles. The lowest BCUT2D eigenvalue weighted by molar-refractivity contribution is -0.274. The van der Waals surface area contributed by atoms with E-state index in [4.69, 9.17) is 0 Å². The zero-order valence-corrected chi connectivity index (χ0v) is 9.63. The van der Waals surface area contributed by atoms with Gasteiger partial charge in [-0.3, -0.25) is 0 Å². The average molecular weight is 284 g/mol. The smallest absolute Gasteiger partial charge is 0.462 e. The van der Waals surface area contributed by atoms with Crippen LogP contribution in [-0.2, 0) is 4.74 Å². The second-order valence-electron chi connectivity index (χ2n) is 3.36. The standard InChI is InChI=1S/C11H9F5O3/c1-2-18-10(17)7-3-6(9(12)13)4-8(5-7)19-11(14,15)16/h3-5,9H,2H2,1H3. The molecule has 0 radical (unpaired) electrons. The van der Waals surface area contributed by atoms with Crippen LogP contribution in [0, 0.1) is 0 Å². The number of carbonyl (C=O) groups is 1. The third kappa shape index (κ3) is 4.72. The summed E-state index contributed by atoms with van der Waals surface area (Å²) in [6.07, 6.45) is -8.07. The molecule has 1 aromatic carbocycles. The van der Waals surface area contributed by atoms with Crippen molar-refractivity contribution in [2.75, 3.05) is 6.61 Å². The van der Waals surface area contributed by atoms with E-state index < -0.39 is 35.6 Å². The van der Waals surface area contributed by atoms with Crippen LogP contribution >= 0.6 is 0 Å². The molecule has 0 saturated carbocycles. The highest BCUT2D eigenvalue weighted by Gasteiger charge is 2.32. The first-order chi connectivity index (χ1) is 8.73. The minimum Gasteiger partial charge on any atom is -0.462 e. The first-order valence-electron chi connectivity index (χ1n) is 5.09. The molecule has 0 unspecified atom stereocenters. The van der Waals surface area contributed by atoms with Crippen LogP contribution in [0.5, 0.6) is 5.75 Å². The molecule has 1 rings (SSSR count). The van der Waals surface area contributed by atoms with Crippen molar-refractivity contribution in [1.82, 2.24) is 0 Å². The van der Waals surface area contributed by atoms with Gasteiger partial charge in [0.1, 0.15) is 5.75 Å². The third-order valence-corrected chi connectivity index (χ3v) is 1.93. The van der Waals surface area contributed by atoms with Crippen molar-refractivity contribution in [3.8, 4) is 5.75 Å². The summed E-state index contributed by atoms with van der Waals surface area (Å²) in [4.78, 5) is 11.3. The SMILES string of the molecule is CCOC(=O)c1cc(OC(F)(F)F)cc(C(F)F)c1. The van der Waals surface area contributed by atoms with Crippen LogP contribution in [0.25, 0.3) is 0 Å². The Bertz CT molecular complexity index is 456. The van der Waals surface area contributed by atoms with Gasteiger partial charge in [-0.15, -0.1) is 13.2 Å². The monoisotopic (exact) mass is 284 g/mol. The fraction of sp³-hybridized carbons (Fsp3) is 0.364. The van der Waals surface area contributed by atoms with Gasteiger partial charge in [0.05, 0.1) is 12.2 Å². The molecule has 0 N–H and O–H groups in total. The average Bonchev–Trinajstić information content (AvgIpc) is 2.26. The van der Waals surface area contributed by atoms with E-state index in [1.54, 1.807) is 0 Å². The Kier molecular flexibility index (Phi) is 4.68. The van der Waals surface area contributed by atoms with Gasteiger partial charge in [-0.1, -0.05) is 0 Å². The lowest BCUT2D eigenvalue weighted by Crippen LogP contribution is -2.18. The molecule has 3 nitrogen and oxygen atoms in total. The highest BCUT2D eigenvalue weighted by Crippen LogP contribution is 2.29. The Balaban J connectivity index is 3.14. The number of hydrogen-bond acceptors (Lipinski definition) is 3.